The van der Waals surface area contributed by atoms with E-state index in [2.05, 4.69) is 20.8 Å². The van der Waals surface area contributed by atoms with Gasteiger partial charge >= 0.3 is 5.97 Å². The molecule has 0 radical (unpaired) electrons. The Kier molecular flexibility index (Phi) is 7.45. The summed E-state index contributed by atoms with van der Waals surface area (Å²) in [6.07, 6.45) is 2.75. The van der Waals surface area contributed by atoms with Gasteiger partial charge < -0.3 is 9.84 Å². The van der Waals surface area contributed by atoms with Gasteiger partial charge in [-0.3, -0.25) is 8.98 Å². The maximum atomic E-state index is 13.5. The Morgan fingerprint density at radius 2 is 1.78 bits per heavy atom. The first-order valence-corrected chi connectivity index (χ1v) is 15.0. The van der Waals surface area contributed by atoms with Crippen LogP contribution in [-0.2, 0) is 28.6 Å². The molecule has 2 bridgehead atoms. The van der Waals surface area contributed by atoms with Crippen LogP contribution < -0.4 is 0 Å². The van der Waals surface area contributed by atoms with Crippen molar-refractivity contribution in [2.24, 2.45) is 34.0 Å². The molecule has 4 rings (SSSR count). The lowest BCUT2D eigenvalue weighted by molar-refractivity contribution is -0.212. The average Bonchev–Trinajstić information content (AvgIpc) is 3.21. The zero-order valence-electron chi connectivity index (χ0n) is 23.0. The molecule has 1 N–H and O–H groups in total. The number of ether oxygens (including phenoxy) is 1. The van der Waals surface area contributed by atoms with E-state index in [1.807, 2.05) is 20.8 Å². The van der Waals surface area contributed by atoms with Gasteiger partial charge in [0, 0.05) is 17.8 Å². The molecule has 0 amide bonds. The molecule has 3 aliphatic rings. The summed E-state index contributed by atoms with van der Waals surface area (Å²) >= 11 is 0. The Morgan fingerprint density at radius 3 is 2.41 bits per heavy atom. The smallest absolute Gasteiger partial charge is 0.333 e. The van der Waals surface area contributed by atoms with Crippen LogP contribution in [0, 0.1) is 40.9 Å². The van der Waals surface area contributed by atoms with Gasteiger partial charge in [-0.1, -0.05) is 52.3 Å². The minimum atomic E-state index is -4.13. The number of ketones is 1. The molecule has 3 fully saturated rings. The number of Topliss-reactive ketones (excluding diaryl/α,β-unsaturated/α-hetero) is 1. The fraction of sp³-hybridized carbons (Fsp3) is 0.724. The van der Waals surface area contributed by atoms with E-state index in [9.17, 15) is 23.1 Å². The van der Waals surface area contributed by atoms with Crippen LogP contribution in [0.4, 0.5) is 0 Å². The molecular formula is C29H42O7S. The van der Waals surface area contributed by atoms with E-state index in [0.29, 0.717) is 19.3 Å². The number of rotatable bonds is 6. The van der Waals surface area contributed by atoms with Gasteiger partial charge in [0.25, 0.3) is 10.1 Å². The molecular weight excluding hydrogens is 492 g/mol. The van der Waals surface area contributed by atoms with Gasteiger partial charge in [0.1, 0.15) is 11.9 Å². The van der Waals surface area contributed by atoms with Crippen LogP contribution in [0.1, 0.15) is 78.7 Å². The van der Waals surface area contributed by atoms with Gasteiger partial charge in [-0.05, 0) is 73.8 Å². The van der Waals surface area contributed by atoms with E-state index in [4.69, 9.17) is 8.92 Å². The third kappa shape index (κ3) is 4.57. The number of carbonyl (C=O) groups excluding carboxylic acids is 2. The van der Waals surface area contributed by atoms with E-state index < -0.39 is 45.7 Å². The highest BCUT2D eigenvalue weighted by molar-refractivity contribution is 7.86. The Balaban J connectivity index is 1.65. The Morgan fingerprint density at radius 1 is 1.14 bits per heavy atom. The first-order chi connectivity index (χ1) is 17.2. The van der Waals surface area contributed by atoms with E-state index in [-0.39, 0.29) is 33.8 Å². The van der Waals surface area contributed by atoms with Crippen LogP contribution in [0.5, 0.6) is 0 Å². The summed E-state index contributed by atoms with van der Waals surface area (Å²) in [4.78, 5) is 26.5. The Labute approximate surface area is 221 Å². The summed E-state index contributed by atoms with van der Waals surface area (Å²) in [5, 5.41) is 11.6. The first-order valence-electron chi connectivity index (χ1n) is 13.6. The molecule has 1 aromatic carbocycles. The van der Waals surface area contributed by atoms with Crippen molar-refractivity contribution in [1.82, 2.24) is 0 Å². The topological polar surface area (TPSA) is 107 Å². The molecule has 8 heteroatoms. The van der Waals surface area contributed by atoms with Gasteiger partial charge in [0.15, 0.2) is 6.61 Å². The normalized spacial score (nSPS) is 40.0. The third-order valence-electron chi connectivity index (χ3n) is 10.6. The van der Waals surface area contributed by atoms with E-state index in [0.717, 1.165) is 24.8 Å². The molecule has 0 aliphatic heterocycles. The summed E-state index contributed by atoms with van der Waals surface area (Å²) in [6.45, 7) is 11.5. The van der Waals surface area contributed by atoms with Crippen molar-refractivity contribution in [2.45, 2.75) is 97.2 Å². The third-order valence-corrected chi connectivity index (χ3v) is 11.9. The van der Waals surface area contributed by atoms with Crippen molar-refractivity contribution in [1.29, 1.82) is 0 Å². The number of carbonyl (C=O) groups is 2. The minimum absolute atomic E-state index is 0.0262. The second-order valence-electron chi connectivity index (χ2n) is 12.4. The van der Waals surface area contributed by atoms with Crippen LogP contribution >= 0.6 is 0 Å². The molecule has 1 aromatic rings. The van der Waals surface area contributed by atoms with Gasteiger partial charge in [0.2, 0.25) is 0 Å². The molecule has 3 saturated carbocycles. The van der Waals surface area contributed by atoms with Crippen LogP contribution in [0.3, 0.4) is 0 Å². The predicted molar refractivity (Wildman–Crippen MR) is 139 cm³/mol. The molecule has 8 atom stereocenters. The molecule has 3 aliphatic carbocycles. The predicted octanol–water partition coefficient (Wildman–Crippen LogP) is 4.83. The van der Waals surface area contributed by atoms with Crippen LogP contribution in [0.25, 0.3) is 0 Å². The molecule has 7 nitrogen and oxygen atoms in total. The zero-order chi connectivity index (χ0) is 27.4. The minimum Gasteiger partial charge on any atom is -0.460 e. The summed E-state index contributed by atoms with van der Waals surface area (Å²) < 4.78 is 36.4. The number of aliphatic hydroxyl groups is 1. The number of aryl methyl sites for hydroxylation is 1. The highest BCUT2D eigenvalue weighted by atomic mass is 32.2. The van der Waals surface area contributed by atoms with Crippen LogP contribution in [-0.4, -0.2) is 44.1 Å². The van der Waals surface area contributed by atoms with E-state index >= 15 is 0 Å². The standard InChI is InChI=1S/C29H42O7S/c1-7-27(5)16-23(36-24(31)17-35-37(33,34)21-10-8-18(2)9-11-21)28(6)19(3)12-14-29(20(4)26(27)32)15-13-22(30)25(28)29/h8-11,19-20,23,25-26,32H,7,12-17H2,1-6H3/t19-,20+,23+,25+,26+,27+,28+,29+/m1/s1. The molecule has 0 spiro atoms. The highest BCUT2D eigenvalue weighted by Crippen LogP contribution is 2.68. The van der Waals surface area contributed by atoms with Crippen molar-refractivity contribution in [3.8, 4) is 0 Å². The lowest BCUT2D eigenvalue weighted by Crippen LogP contribution is -2.63. The number of hydrogen-bond acceptors (Lipinski definition) is 7. The molecule has 0 unspecified atom stereocenters. The molecule has 37 heavy (non-hydrogen) atoms. The van der Waals surface area contributed by atoms with Gasteiger partial charge in [-0.2, -0.15) is 8.42 Å². The van der Waals surface area contributed by atoms with Crippen molar-refractivity contribution < 1.29 is 32.0 Å². The van der Waals surface area contributed by atoms with Crippen LogP contribution in [0.2, 0.25) is 0 Å². The maximum absolute atomic E-state index is 13.5. The Hall–Kier alpha value is -1.77. The summed E-state index contributed by atoms with van der Waals surface area (Å²) in [5.74, 6) is -0.846. The van der Waals surface area contributed by atoms with Crippen molar-refractivity contribution in [3.05, 3.63) is 29.8 Å². The second kappa shape index (κ2) is 9.76. The van der Waals surface area contributed by atoms with Crippen molar-refractivity contribution in [3.63, 3.8) is 0 Å². The fourth-order valence-electron chi connectivity index (χ4n) is 7.80. The highest BCUT2D eigenvalue weighted by Gasteiger charge is 2.68. The van der Waals surface area contributed by atoms with Crippen LogP contribution in [0.15, 0.2) is 29.2 Å². The van der Waals surface area contributed by atoms with Gasteiger partial charge in [0.05, 0.1) is 11.0 Å². The number of esters is 1. The summed E-state index contributed by atoms with van der Waals surface area (Å²) in [6, 6.07) is 6.21. The summed E-state index contributed by atoms with van der Waals surface area (Å²) in [5.41, 5.74) is -0.570. The fourth-order valence-corrected chi connectivity index (χ4v) is 8.66. The summed E-state index contributed by atoms with van der Waals surface area (Å²) in [7, 11) is -4.13. The zero-order valence-corrected chi connectivity index (χ0v) is 23.8. The second-order valence-corrected chi connectivity index (χ2v) is 14.0. The van der Waals surface area contributed by atoms with E-state index in [1.54, 1.807) is 12.1 Å². The van der Waals surface area contributed by atoms with Crippen molar-refractivity contribution >= 4 is 21.9 Å². The SMILES string of the molecule is CC[C@@]1(C)C[C@H](OC(=O)COS(=O)(=O)c2ccc(C)cc2)[C@]2(C)[C@H](C)CC[C@]3(CCC(=O)[C@H]32)[C@@H](C)[C@@H]1O. The maximum Gasteiger partial charge on any atom is 0.333 e. The number of hydrogen-bond donors (Lipinski definition) is 1. The Bertz CT molecular complexity index is 1150. The largest absolute Gasteiger partial charge is 0.460 e. The van der Waals surface area contributed by atoms with Crippen molar-refractivity contribution in [2.75, 3.05) is 6.61 Å². The lowest BCUT2D eigenvalue weighted by atomic mass is 9.43. The molecule has 206 valence electrons. The number of benzene rings is 1. The molecule has 0 saturated heterocycles. The quantitative estimate of drug-likeness (QED) is 0.411. The average molecular weight is 535 g/mol. The monoisotopic (exact) mass is 534 g/mol. The molecule has 0 heterocycles. The molecule has 0 aromatic heterocycles. The van der Waals surface area contributed by atoms with Gasteiger partial charge in [-0.25, -0.2) is 4.79 Å². The lowest BCUT2D eigenvalue weighted by Gasteiger charge is -2.62. The van der Waals surface area contributed by atoms with Gasteiger partial charge in [-0.15, -0.1) is 0 Å². The van der Waals surface area contributed by atoms with E-state index in [1.165, 1.54) is 12.1 Å². The number of aliphatic hydroxyl groups excluding tert-OH is 1. The first kappa shape index (κ1) is 28.2.